The van der Waals surface area contributed by atoms with E-state index in [9.17, 15) is 0 Å². The first-order chi connectivity index (χ1) is 5.26. The van der Waals surface area contributed by atoms with Crippen LogP contribution in [-0.2, 0) is 4.74 Å². The zero-order chi connectivity index (χ0) is 9.57. The minimum Gasteiger partial charge on any atom is -0.381 e. The molecule has 1 heterocycles. The summed E-state index contributed by atoms with van der Waals surface area (Å²) < 4.78 is 5.97. The lowest BCUT2D eigenvalue weighted by molar-refractivity contribution is -0.0470. The maximum Gasteiger partial charge on any atom is 0.160 e. The predicted molar refractivity (Wildman–Crippen MR) is 53.6 cm³/mol. The zero-order valence-corrected chi connectivity index (χ0v) is 9.14. The maximum absolute atomic E-state index is 5.97. The van der Waals surface area contributed by atoms with Crippen LogP contribution in [0.1, 0.15) is 41.5 Å². The van der Waals surface area contributed by atoms with E-state index in [-0.39, 0.29) is 10.9 Å². The Bertz CT molecular complexity index is 157. The second-order valence-corrected chi connectivity index (χ2v) is 5.23. The first-order valence-electron chi connectivity index (χ1n) is 4.80. The smallest absolute Gasteiger partial charge is 0.160 e. The van der Waals surface area contributed by atoms with Crippen LogP contribution >= 0.6 is 0 Å². The van der Waals surface area contributed by atoms with Gasteiger partial charge in [-0.05, 0) is 25.1 Å². The highest BCUT2D eigenvalue weighted by atomic mass is 16.5. The number of ether oxygens (including phenoxy) is 1. The average Bonchev–Trinajstić information content (AvgIpc) is 2.03. The van der Waals surface area contributed by atoms with Crippen molar-refractivity contribution in [1.29, 1.82) is 0 Å². The number of rotatable bonds is 1. The van der Waals surface area contributed by atoms with E-state index in [1.165, 1.54) is 0 Å². The van der Waals surface area contributed by atoms with Gasteiger partial charge in [0.15, 0.2) is 7.28 Å². The van der Waals surface area contributed by atoms with Crippen LogP contribution in [-0.4, -0.2) is 18.9 Å². The minimum atomic E-state index is -0.0120. The molecule has 1 aliphatic heterocycles. The number of hydrogen-bond donors (Lipinski definition) is 0. The van der Waals surface area contributed by atoms with E-state index in [1.807, 2.05) is 0 Å². The summed E-state index contributed by atoms with van der Waals surface area (Å²) >= 11 is 0. The van der Waals surface area contributed by atoms with Gasteiger partial charge in [0.05, 0.1) is 5.60 Å². The molecule has 0 N–H and O–H groups in total. The quantitative estimate of drug-likeness (QED) is 0.545. The largest absolute Gasteiger partial charge is 0.381 e. The standard InChI is InChI=1S/C10H20BO/c1-7(2)8-11-9(3,4)10(5,6)12-8/h7-8H,1-6H3. The third-order valence-electron chi connectivity index (χ3n) is 3.22. The Labute approximate surface area is 77.1 Å². The lowest BCUT2D eigenvalue weighted by atomic mass is 9.47. The molecular formula is C10H20BO. The lowest BCUT2D eigenvalue weighted by Gasteiger charge is -2.33. The van der Waals surface area contributed by atoms with Crippen molar-refractivity contribution in [1.82, 2.24) is 0 Å². The molecule has 69 valence electrons. The van der Waals surface area contributed by atoms with Gasteiger partial charge < -0.3 is 4.74 Å². The van der Waals surface area contributed by atoms with E-state index in [4.69, 9.17) is 4.74 Å². The van der Waals surface area contributed by atoms with E-state index in [2.05, 4.69) is 48.8 Å². The summed E-state index contributed by atoms with van der Waals surface area (Å²) in [6.45, 7) is 13.2. The molecule has 12 heavy (non-hydrogen) atoms. The molecule has 0 bridgehead atoms. The molecule has 0 saturated carbocycles. The molecule has 2 heteroatoms. The molecule has 0 spiro atoms. The minimum absolute atomic E-state index is 0.0120. The van der Waals surface area contributed by atoms with E-state index in [1.54, 1.807) is 0 Å². The van der Waals surface area contributed by atoms with Crippen molar-refractivity contribution in [3.8, 4) is 0 Å². The Hall–Kier alpha value is 0.0249. The highest BCUT2D eigenvalue weighted by molar-refractivity contribution is 6.43. The van der Waals surface area contributed by atoms with Gasteiger partial charge in [0.1, 0.15) is 0 Å². The molecule has 0 amide bonds. The van der Waals surface area contributed by atoms with Crippen molar-refractivity contribution in [2.45, 2.75) is 58.5 Å². The molecule has 1 saturated heterocycles. The highest BCUT2D eigenvalue weighted by Gasteiger charge is 2.48. The van der Waals surface area contributed by atoms with Crippen molar-refractivity contribution >= 4 is 7.28 Å². The summed E-state index contributed by atoms with van der Waals surface area (Å²) in [5, 5.41) is 0.196. The molecule has 1 rings (SSSR count). The fourth-order valence-corrected chi connectivity index (χ4v) is 1.47. The summed E-state index contributed by atoms with van der Waals surface area (Å²) in [5.74, 6) is 0.589. The molecule has 1 aliphatic rings. The van der Waals surface area contributed by atoms with Gasteiger partial charge in [-0.25, -0.2) is 0 Å². The van der Waals surface area contributed by atoms with Crippen LogP contribution in [0.4, 0.5) is 0 Å². The molecule has 1 fully saturated rings. The molecule has 1 unspecified atom stereocenters. The van der Waals surface area contributed by atoms with Crippen LogP contribution in [0.2, 0.25) is 5.31 Å². The molecule has 0 aromatic heterocycles. The average molecular weight is 167 g/mol. The Morgan fingerprint density at radius 3 is 1.83 bits per heavy atom. The molecule has 0 aromatic carbocycles. The van der Waals surface area contributed by atoms with Crippen molar-refractivity contribution in [2.24, 2.45) is 5.92 Å². The Morgan fingerprint density at radius 1 is 1.17 bits per heavy atom. The second kappa shape index (κ2) is 2.76. The Kier molecular flexibility index (Phi) is 2.33. The summed E-state index contributed by atoms with van der Waals surface area (Å²) in [4.78, 5) is 0. The zero-order valence-electron chi connectivity index (χ0n) is 9.14. The topological polar surface area (TPSA) is 9.23 Å². The molecule has 1 atom stereocenters. The van der Waals surface area contributed by atoms with Crippen molar-refractivity contribution in [2.75, 3.05) is 0 Å². The summed E-state index contributed by atoms with van der Waals surface area (Å²) in [6.07, 6.45) is 0. The van der Waals surface area contributed by atoms with Crippen LogP contribution in [0.3, 0.4) is 0 Å². The van der Waals surface area contributed by atoms with Gasteiger partial charge >= 0.3 is 0 Å². The molecule has 1 radical (unpaired) electrons. The van der Waals surface area contributed by atoms with E-state index < -0.39 is 0 Å². The third-order valence-corrected chi connectivity index (χ3v) is 3.22. The Balaban J connectivity index is 2.74. The van der Waals surface area contributed by atoms with Gasteiger partial charge in [-0.1, -0.05) is 27.7 Å². The van der Waals surface area contributed by atoms with Crippen molar-refractivity contribution in [3.63, 3.8) is 0 Å². The van der Waals surface area contributed by atoms with E-state index in [0.717, 1.165) is 0 Å². The first kappa shape index (κ1) is 10.1. The van der Waals surface area contributed by atoms with Crippen molar-refractivity contribution < 1.29 is 4.74 Å². The third kappa shape index (κ3) is 1.54. The van der Waals surface area contributed by atoms with Crippen LogP contribution in [0.15, 0.2) is 0 Å². The van der Waals surface area contributed by atoms with E-state index >= 15 is 0 Å². The van der Waals surface area contributed by atoms with Gasteiger partial charge in [-0.2, -0.15) is 0 Å². The molecule has 0 aliphatic carbocycles. The number of hydrogen-bond acceptors (Lipinski definition) is 1. The first-order valence-corrected chi connectivity index (χ1v) is 4.80. The molecular weight excluding hydrogens is 147 g/mol. The molecule has 1 nitrogen and oxygen atoms in total. The van der Waals surface area contributed by atoms with E-state index in [0.29, 0.717) is 11.9 Å². The lowest BCUT2D eigenvalue weighted by Crippen LogP contribution is -2.31. The fraction of sp³-hybridized carbons (Fsp3) is 1.00. The summed E-state index contributed by atoms with van der Waals surface area (Å²) in [7, 11) is 2.34. The normalized spacial score (nSPS) is 32.1. The van der Waals surface area contributed by atoms with Gasteiger partial charge in [-0.15, -0.1) is 0 Å². The van der Waals surface area contributed by atoms with Gasteiger partial charge in [0.2, 0.25) is 0 Å². The summed E-state index contributed by atoms with van der Waals surface area (Å²) in [5.41, 5.74) is -0.0120. The fourth-order valence-electron chi connectivity index (χ4n) is 1.47. The Morgan fingerprint density at radius 2 is 1.67 bits per heavy atom. The van der Waals surface area contributed by atoms with Crippen molar-refractivity contribution in [3.05, 3.63) is 0 Å². The summed E-state index contributed by atoms with van der Waals surface area (Å²) in [6, 6.07) is 0.329. The highest BCUT2D eigenvalue weighted by Crippen LogP contribution is 2.47. The van der Waals surface area contributed by atoms with Gasteiger partial charge in [0, 0.05) is 6.00 Å². The van der Waals surface area contributed by atoms with Crippen LogP contribution in [0, 0.1) is 5.92 Å². The van der Waals surface area contributed by atoms with Crippen LogP contribution in [0.5, 0.6) is 0 Å². The maximum atomic E-state index is 5.97. The predicted octanol–water partition coefficient (Wildman–Crippen LogP) is 2.68. The monoisotopic (exact) mass is 167 g/mol. The van der Waals surface area contributed by atoms with Gasteiger partial charge in [-0.3, -0.25) is 0 Å². The second-order valence-electron chi connectivity index (χ2n) is 5.23. The molecule has 0 aromatic rings. The van der Waals surface area contributed by atoms with Crippen LogP contribution in [0.25, 0.3) is 0 Å². The van der Waals surface area contributed by atoms with Crippen LogP contribution < -0.4 is 0 Å². The van der Waals surface area contributed by atoms with Gasteiger partial charge in [0.25, 0.3) is 0 Å². The SMILES string of the molecule is CC(C)C1[B]C(C)(C)C(C)(C)O1.